The molecule has 27 heavy (non-hydrogen) atoms. The predicted octanol–water partition coefficient (Wildman–Crippen LogP) is 1.14. The fourth-order valence-electron chi connectivity index (χ4n) is 2.29. The average molecular weight is 389 g/mol. The summed E-state index contributed by atoms with van der Waals surface area (Å²) in [5, 5.41) is 10.5. The molecule has 3 aromatic rings. The number of amides is 1. The zero-order valence-corrected chi connectivity index (χ0v) is 15.8. The van der Waals surface area contributed by atoms with Gasteiger partial charge in [-0.25, -0.2) is 12.7 Å². The largest absolute Gasteiger partial charge is 0.382 e. The van der Waals surface area contributed by atoms with E-state index in [0.29, 0.717) is 16.7 Å². The van der Waals surface area contributed by atoms with Gasteiger partial charge in [-0.1, -0.05) is 23.0 Å². The van der Waals surface area contributed by atoms with Gasteiger partial charge < -0.3 is 10.2 Å². The first-order valence-corrected chi connectivity index (χ1v) is 9.54. The standard InChI is InChI=1S/C17H19N5O4S/c1-12(17(23)18-13-7-5-4-6-8-13)26-22-16-11-14(27(24,25)21(2)3)9-10-15(16)19-20-22/h4-12H,1-3H3,(H,18,23). The monoisotopic (exact) mass is 389 g/mol. The number of fused-ring (bicyclic) bond motifs is 1. The minimum Gasteiger partial charge on any atom is -0.382 e. The predicted molar refractivity (Wildman–Crippen MR) is 99.5 cm³/mol. The minimum absolute atomic E-state index is 0.0774. The summed E-state index contributed by atoms with van der Waals surface area (Å²) in [5.41, 5.74) is 1.43. The lowest BCUT2D eigenvalue weighted by molar-refractivity contribution is -0.127. The van der Waals surface area contributed by atoms with Crippen molar-refractivity contribution in [2.24, 2.45) is 0 Å². The number of carbonyl (C=O) groups excluding carboxylic acids is 1. The Labute approximate surface area is 156 Å². The summed E-state index contributed by atoms with van der Waals surface area (Å²) < 4.78 is 25.7. The Balaban J connectivity index is 1.83. The van der Waals surface area contributed by atoms with E-state index >= 15 is 0 Å². The van der Waals surface area contributed by atoms with Crippen LogP contribution in [0.5, 0.6) is 0 Å². The molecule has 1 amide bonds. The van der Waals surface area contributed by atoms with Crippen LogP contribution in [0.1, 0.15) is 6.92 Å². The minimum atomic E-state index is -3.62. The van der Waals surface area contributed by atoms with E-state index in [-0.39, 0.29) is 10.8 Å². The normalized spacial score (nSPS) is 12.9. The van der Waals surface area contributed by atoms with Crippen LogP contribution >= 0.6 is 0 Å². The first-order valence-electron chi connectivity index (χ1n) is 8.10. The maximum Gasteiger partial charge on any atom is 0.267 e. The Hall–Kier alpha value is -2.98. The molecule has 0 bridgehead atoms. The summed E-state index contributed by atoms with van der Waals surface area (Å²) >= 11 is 0. The van der Waals surface area contributed by atoms with Crippen LogP contribution in [0.3, 0.4) is 0 Å². The van der Waals surface area contributed by atoms with Gasteiger partial charge in [-0.3, -0.25) is 4.79 Å². The van der Waals surface area contributed by atoms with Crippen molar-refractivity contribution in [2.75, 3.05) is 19.4 Å². The number of para-hydroxylation sites is 1. The number of nitrogens with one attached hydrogen (secondary N) is 1. The number of carbonyl (C=O) groups is 1. The van der Waals surface area contributed by atoms with Crippen LogP contribution in [0.15, 0.2) is 53.4 Å². The molecule has 0 saturated carbocycles. The Kier molecular flexibility index (Phi) is 5.10. The molecule has 142 valence electrons. The molecule has 0 aliphatic rings. The molecular formula is C17H19N5O4S. The van der Waals surface area contributed by atoms with Crippen LogP contribution in [0.25, 0.3) is 11.0 Å². The summed E-state index contributed by atoms with van der Waals surface area (Å²) in [7, 11) is -0.727. The molecular weight excluding hydrogens is 370 g/mol. The lowest BCUT2D eigenvalue weighted by Crippen LogP contribution is -2.35. The van der Waals surface area contributed by atoms with Gasteiger partial charge in [0.15, 0.2) is 0 Å². The van der Waals surface area contributed by atoms with Gasteiger partial charge in [-0.15, -0.1) is 5.10 Å². The molecule has 9 nitrogen and oxygen atoms in total. The molecule has 0 aliphatic carbocycles. The number of hydrogen-bond donors (Lipinski definition) is 1. The van der Waals surface area contributed by atoms with Crippen molar-refractivity contribution >= 4 is 32.7 Å². The van der Waals surface area contributed by atoms with E-state index in [2.05, 4.69) is 15.6 Å². The van der Waals surface area contributed by atoms with Crippen molar-refractivity contribution in [3.63, 3.8) is 0 Å². The lowest BCUT2D eigenvalue weighted by Gasteiger charge is -2.14. The summed E-state index contributed by atoms with van der Waals surface area (Å²) in [6.45, 7) is 1.56. The number of rotatable bonds is 6. The van der Waals surface area contributed by atoms with Gasteiger partial charge in [0, 0.05) is 19.8 Å². The molecule has 0 radical (unpaired) electrons. The smallest absolute Gasteiger partial charge is 0.267 e. The maximum absolute atomic E-state index is 12.3. The number of hydrogen-bond acceptors (Lipinski definition) is 6. The van der Waals surface area contributed by atoms with Crippen molar-refractivity contribution in [3.05, 3.63) is 48.5 Å². The van der Waals surface area contributed by atoms with Crippen molar-refractivity contribution < 1.29 is 18.0 Å². The number of benzene rings is 2. The second-order valence-electron chi connectivity index (χ2n) is 6.00. The zero-order chi connectivity index (χ0) is 19.6. The van der Waals surface area contributed by atoms with Crippen molar-refractivity contribution in [2.45, 2.75) is 17.9 Å². The van der Waals surface area contributed by atoms with Crippen LogP contribution in [0.4, 0.5) is 5.69 Å². The van der Waals surface area contributed by atoms with Crippen LogP contribution in [-0.2, 0) is 14.8 Å². The van der Waals surface area contributed by atoms with E-state index in [1.54, 1.807) is 31.2 Å². The van der Waals surface area contributed by atoms with Crippen molar-refractivity contribution in [1.29, 1.82) is 0 Å². The molecule has 0 aliphatic heterocycles. The molecule has 2 aromatic carbocycles. The third kappa shape index (κ3) is 3.91. The lowest BCUT2D eigenvalue weighted by atomic mass is 10.3. The second kappa shape index (κ2) is 7.33. The van der Waals surface area contributed by atoms with Crippen LogP contribution in [0, 0.1) is 0 Å². The van der Waals surface area contributed by atoms with E-state index in [9.17, 15) is 13.2 Å². The number of aromatic nitrogens is 3. The molecule has 0 spiro atoms. The first kappa shape index (κ1) is 18.8. The van der Waals surface area contributed by atoms with Crippen LogP contribution in [0.2, 0.25) is 0 Å². The molecule has 0 fully saturated rings. The second-order valence-corrected chi connectivity index (χ2v) is 8.16. The molecule has 3 rings (SSSR count). The molecule has 1 N–H and O–H groups in total. The third-order valence-corrected chi connectivity index (χ3v) is 5.64. The van der Waals surface area contributed by atoms with Gasteiger partial charge >= 0.3 is 0 Å². The van der Waals surface area contributed by atoms with Crippen molar-refractivity contribution in [1.82, 2.24) is 19.5 Å². The third-order valence-electron chi connectivity index (χ3n) is 3.83. The summed E-state index contributed by atoms with van der Waals surface area (Å²) in [4.78, 5) is 19.0. The molecule has 1 atom stereocenters. The van der Waals surface area contributed by atoms with Gasteiger partial charge in [-0.05, 0) is 42.5 Å². The van der Waals surface area contributed by atoms with Crippen molar-refractivity contribution in [3.8, 4) is 0 Å². The molecule has 1 unspecified atom stereocenters. The molecule has 0 saturated heterocycles. The highest BCUT2D eigenvalue weighted by Crippen LogP contribution is 2.19. The summed E-state index contributed by atoms with van der Waals surface area (Å²) in [6, 6.07) is 13.4. The van der Waals surface area contributed by atoms with E-state index in [4.69, 9.17) is 4.84 Å². The van der Waals surface area contributed by atoms with Gasteiger partial charge in [0.05, 0.1) is 4.90 Å². The Morgan fingerprint density at radius 1 is 1.19 bits per heavy atom. The average Bonchev–Trinajstić information content (AvgIpc) is 3.04. The first-order chi connectivity index (χ1) is 12.8. The highest BCUT2D eigenvalue weighted by Gasteiger charge is 2.21. The zero-order valence-electron chi connectivity index (χ0n) is 15.0. The van der Waals surface area contributed by atoms with Crippen LogP contribution < -0.4 is 10.2 Å². The topological polar surface area (TPSA) is 106 Å². The maximum atomic E-state index is 12.3. The van der Waals surface area contributed by atoms with Gasteiger partial charge in [0.1, 0.15) is 11.0 Å². The highest BCUT2D eigenvalue weighted by molar-refractivity contribution is 7.89. The van der Waals surface area contributed by atoms with Gasteiger partial charge in [-0.2, -0.15) is 0 Å². The Morgan fingerprint density at radius 3 is 2.56 bits per heavy atom. The number of sulfonamides is 1. The SMILES string of the molecule is CC(On1nnc2ccc(S(=O)(=O)N(C)C)cc21)C(=O)Nc1ccccc1. The highest BCUT2D eigenvalue weighted by atomic mass is 32.2. The van der Waals surface area contributed by atoms with E-state index < -0.39 is 16.1 Å². The van der Waals surface area contributed by atoms with Crippen LogP contribution in [-0.4, -0.2) is 54.0 Å². The van der Waals surface area contributed by atoms with Gasteiger partial charge in [0.25, 0.3) is 5.91 Å². The van der Waals surface area contributed by atoms with Gasteiger partial charge in [0.2, 0.25) is 16.1 Å². The van der Waals surface area contributed by atoms with E-state index in [0.717, 1.165) is 9.15 Å². The Morgan fingerprint density at radius 2 is 1.89 bits per heavy atom. The molecule has 1 heterocycles. The quantitative estimate of drug-likeness (QED) is 0.678. The molecule has 10 heteroatoms. The van der Waals surface area contributed by atoms with E-state index in [1.807, 2.05) is 6.07 Å². The summed E-state index contributed by atoms with van der Waals surface area (Å²) in [6.07, 6.45) is -0.885. The Bertz CT molecular complexity index is 1060. The van der Waals surface area contributed by atoms with E-state index in [1.165, 1.54) is 32.3 Å². The fourth-order valence-corrected chi connectivity index (χ4v) is 3.21. The number of nitrogens with zero attached hydrogens (tertiary/aromatic N) is 4. The molecule has 1 aromatic heterocycles. The number of anilines is 1. The fraction of sp³-hybridized carbons (Fsp3) is 0.235. The summed E-state index contributed by atoms with van der Waals surface area (Å²) in [5.74, 6) is -0.373.